The van der Waals surface area contributed by atoms with Gasteiger partial charge in [0.1, 0.15) is 11.9 Å². The third-order valence-electron chi connectivity index (χ3n) is 2.80. The zero-order valence-corrected chi connectivity index (χ0v) is 10.6. The maximum atomic E-state index is 10.4. The van der Waals surface area contributed by atoms with Crippen molar-refractivity contribution < 1.29 is 9.84 Å². The Balaban J connectivity index is 2.35. The molecule has 2 rings (SSSR count). The molecule has 1 aromatic heterocycles. The van der Waals surface area contributed by atoms with Crippen LogP contribution in [0.25, 0.3) is 0 Å². The lowest BCUT2D eigenvalue weighted by Gasteiger charge is -2.15. The molecule has 1 atom stereocenters. The number of nitrogens with zero attached hydrogens (tertiary/aromatic N) is 3. The van der Waals surface area contributed by atoms with E-state index in [0.717, 1.165) is 18.5 Å². The van der Waals surface area contributed by atoms with Crippen molar-refractivity contribution in [1.82, 2.24) is 15.0 Å². The number of hydrogen-bond donors (Lipinski definition) is 1. The first-order valence-electron chi connectivity index (χ1n) is 5.97. The van der Waals surface area contributed by atoms with E-state index in [2.05, 4.69) is 17.2 Å². The molecule has 5 nitrogen and oxygen atoms in total. The molecule has 18 heavy (non-hydrogen) atoms. The molecule has 0 spiro atoms. The van der Waals surface area contributed by atoms with Crippen LogP contribution in [0.4, 0.5) is 0 Å². The number of aromatic nitrogens is 3. The molecule has 0 saturated carbocycles. The van der Waals surface area contributed by atoms with Crippen LogP contribution in [-0.2, 0) is 6.54 Å². The lowest BCUT2D eigenvalue weighted by Crippen LogP contribution is -2.11. The number of benzene rings is 1. The molecule has 0 aliphatic rings. The van der Waals surface area contributed by atoms with E-state index in [9.17, 15) is 5.11 Å². The second kappa shape index (κ2) is 5.64. The number of aliphatic hydroxyl groups excluding tert-OH is 1. The normalized spacial score (nSPS) is 12.4. The number of para-hydroxylation sites is 1. The van der Waals surface area contributed by atoms with Crippen LogP contribution in [0.5, 0.6) is 5.75 Å². The van der Waals surface area contributed by atoms with Gasteiger partial charge in [0.15, 0.2) is 0 Å². The van der Waals surface area contributed by atoms with Gasteiger partial charge in [-0.05, 0) is 12.5 Å². The van der Waals surface area contributed by atoms with Gasteiger partial charge < -0.3 is 9.84 Å². The molecule has 0 aliphatic carbocycles. The van der Waals surface area contributed by atoms with Gasteiger partial charge in [-0.25, -0.2) is 4.68 Å². The number of aliphatic hydroxyl groups is 1. The highest BCUT2D eigenvalue weighted by atomic mass is 16.5. The summed E-state index contributed by atoms with van der Waals surface area (Å²) in [5, 5.41) is 18.2. The summed E-state index contributed by atoms with van der Waals surface area (Å²) in [5.74, 6) is 0.661. The maximum Gasteiger partial charge on any atom is 0.126 e. The topological polar surface area (TPSA) is 60.2 Å². The molecule has 1 unspecified atom stereocenters. The van der Waals surface area contributed by atoms with Crippen LogP contribution in [0.3, 0.4) is 0 Å². The van der Waals surface area contributed by atoms with Gasteiger partial charge in [0.2, 0.25) is 0 Å². The highest BCUT2D eigenvalue weighted by molar-refractivity contribution is 5.38. The summed E-state index contributed by atoms with van der Waals surface area (Å²) >= 11 is 0. The lowest BCUT2D eigenvalue weighted by molar-refractivity contribution is 0.202. The summed E-state index contributed by atoms with van der Waals surface area (Å²) in [6, 6.07) is 7.41. The van der Waals surface area contributed by atoms with Gasteiger partial charge in [0.05, 0.1) is 19.0 Å². The summed E-state index contributed by atoms with van der Waals surface area (Å²) < 4.78 is 6.97. The summed E-state index contributed by atoms with van der Waals surface area (Å²) in [7, 11) is 1.59. The van der Waals surface area contributed by atoms with E-state index in [-0.39, 0.29) is 0 Å². The first-order chi connectivity index (χ1) is 8.77. The second-order valence-electron chi connectivity index (χ2n) is 4.03. The molecule has 0 saturated heterocycles. The number of rotatable bonds is 5. The predicted molar refractivity (Wildman–Crippen MR) is 67.4 cm³/mol. The second-order valence-corrected chi connectivity index (χ2v) is 4.03. The third kappa shape index (κ3) is 2.36. The van der Waals surface area contributed by atoms with Crippen LogP contribution in [0, 0.1) is 0 Å². The number of methoxy groups -OCH3 is 1. The van der Waals surface area contributed by atoms with Crippen molar-refractivity contribution in [3.05, 3.63) is 41.7 Å². The zero-order chi connectivity index (χ0) is 13.0. The van der Waals surface area contributed by atoms with Crippen molar-refractivity contribution >= 4 is 0 Å². The van der Waals surface area contributed by atoms with Gasteiger partial charge in [0.25, 0.3) is 0 Å². The van der Waals surface area contributed by atoms with Crippen LogP contribution in [0.2, 0.25) is 0 Å². The Morgan fingerprint density at radius 2 is 2.17 bits per heavy atom. The average molecular weight is 247 g/mol. The van der Waals surface area contributed by atoms with Crippen molar-refractivity contribution in [2.24, 2.45) is 0 Å². The van der Waals surface area contributed by atoms with E-state index >= 15 is 0 Å². The molecule has 1 aromatic carbocycles. The van der Waals surface area contributed by atoms with Crippen LogP contribution in [-0.4, -0.2) is 27.2 Å². The molecule has 0 aliphatic heterocycles. The molecular weight excluding hydrogens is 230 g/mol. The molecule has 1 heterocycles. The van der Waals surface area contributed by atoms with Crippen molar-refractivity contribution in [3.63, 3.8) is 0 Å². The Morgan fingerprint density at radius 3 is 2.89 bits per heavy atom. The lowest BCUT2D eigenvalue weighted by atomic mass is 10.1. The molecule has 1 N–H and O–H groups in total. The van der Waals surface area contributed by atoms with Crippen LogP contribution < -0.4 is 4.74 Å². The first kappa shape index (κ1) is 12.6. The summed E-state index contributed by atoms with van der Waals surface area (Å²) in [5.41, 5.74) is 1.40. The Hall–Kier alpha value is -1.88. The van der Waals surface area contributed by atoms with E-state index in [1.54, 1.807) is 18.0 Å². The Morgan fingerprint density at radius 1 is 1.39 bits per heavy atom. The molecule has 5 heteroatoms. The molecular formula is C13H17N3O2. The smallest absolute Gasteiger partial charge is 0.126 e. The molecule has 0 amide bonds. The maximum absolute atomic E-state index is 10.4. The van der Waals surface area contributed by atoms with Gasteiger partial charge in [-0.2, -0.15) is 0 Å². The fourth-order valence-electron chi connectivity index (χ4n) is 1.91. The van der Waals surface area contributed by atoms with E-state index in [1.165, 1.54) is 0 Å². The summed E-state index contributed by atoms with van der Waals surface area (Å²) in [4.78, 5) is 0. The fourth-order valence-corrected chi connectivity index (χ4v) is 1.91. The van der Waals surface area contributed by atoms with E-state index < -0.39 is 6.10 Å². The van der Waals surface area contributed by atoms with Gasteiger partial charge in [0, 0.05) is 12.1 Å². The van der Waals surface area contributed by atoms with Gasteiger partial charge in [-0.15, -0.1) is 5.10 Å². The van der Waals surface area contributed by atoms with Crippen LogP contribution >= 0.6 is 0 Å². The number of ether oxygens (including phenoxy) is 1. The third-order valence-corrected chi connectivity index (χ3v) is 2.80. The van der Waals surface area contributed by atoms with Crippen molar-refractivity contribution in [2.45, 2.75) is 26.0 Å². The fraction of sp³-hybridized carbons (Fsp3) is 0.385. The molecule has 0 bridgehead atoms. The highest BCUT2D eigenvalue weighted by Crippen LogP contribution is 2.29. The quantitative estimate of drug-likeness (QED) is 0.875. The van der Waals surface area contributed by atoms with Crippen LogP contribution in [0.15, 0.2) is 30.5 Å². The van der Waals surface area contributed by atoms with Crippen molar-refractivity contribution in [3.8, 4) is 5.75 Å². The Labute approximate surface area is 106 Å². The standard InChI is InChI=1S/C13H17N3O2/c1-3-8-16-11(9-14-15-16)13(17)10-6-4-5-7-12(10)18-2/h4-7,9,13,17H,3,8H2,1-2H3. The minimum absolute atomic E-state index is 0.661. The van der Waals surface area contributed by atoms with Crippen molar-refractivity contribution in [1.29, 1.82) is 0 Å². The monoisotopic (exact) mass is 247 g/mol. The largest absolute Gasteiger partial charge is 0.496 e. The molecule has 0 radical (unpaired) electrons. The van der Waals surface area contributed by atoms with Crippen LogP contribution in [0.1, 0.15) is 30.7 Å². The van der Waals surface area contributed by atoms with E-state index in [4.69, 9.17) is 4.74 Å². The predicted octanol–water partition coefficient (Wildman–Crippen LogP) is 1.78. The number of aryl methyl sites for hydroxylation is 1. The van der Waals surface area contributed by atoms with Gasteiger partial charge in [-0.1, -0.05) is 30.3 Å². The number of hydrogen-bond acceptors (Lipinski definition) is 4. The highest BCUT2D eigenvalue weighted by Gasteiger charge is 2.19. The Bertz CT molecular complexity index is 510. The minimum Gasteiger partial charge on any atom is -0.496 e. The Kier molecular flexibility index (Phi) is 3.94. The van der Waals surface area contributed by atoms with E-state index in [0.29, 0.717) is 11.4 Å². The zero-order valence-electron chi connectivity index (χ0n) is 10.6. The van der Waals surface area contributed by atoms with Gasteiger partial charge in [-0.3, -0.25) is 0 Å². The molecule has 2 aromatic rings. The molecule has 96 valence electrons. The van der Waals surface area contributed by atoms with Gasteiger partial charge >= 0.3 is 0 Å². The summed E-state index contributed by atoms with van der Waals surface area (Å²) in [6.45, 7) is 2.79. The van der Waals surface area contributed by atoms with E-state index in [1.807, 2.05) is 24.3 Å². The average Bonchev–Trinajstić information content (AvgIpc) is 2.86. The minimum atomic E-state index is -0.775. The molecule has 0 fully saturated rings. The SMILES string of the molecule is CCCn1nncc1C(O)c1ccccc1OC. The first-order valence-corrected chi connectivity index (χ1v) is 5.97. The van der Waals surface area contributed by atoms with Crippen molar-refractivity contribution in [2.75, 3.05) is 7.11 Å². The summed E-state index contributed by atoms with van der Waals surface area (Å²) in [6.07, 6.45) is 1.75.